The number of aromatic hydroxyl groups is 1. The summed E-state index contributed by atoms with van der Waals surface area (Å²) in [5.41, 5.74) is 3.30. The minimum absolute atomic E-state index is 0.0705. The fourth-order valence-electron chi connectivity index (χ4n) is 2.29. The van der Waals surface area contributed by atoms with Gasteiger partial charge in [0.2, 0.25) is 5.91 Å². The third kappa shape index (κ3) is 3.24. The molecule has 1 aromatic heterocycles. The highest BCUT2D eigenvalue weighted by atomic mass is 16.3. The van der Waals surface area contributed by atoms with Crippen LogP contribution in [0, 0.1) is 13.8 Å². The Morgan fingerprint density at radius 1 is 1.38 bits per heavy atom. The molecule has 112 valence electrons. The van der Waals surface area contributed by atoms with Crippen LogP contribution in [0.4, 0.5) is 5.69 Å². The van der Waals surface area contributed by atoms with Gasteiger partial charge in [0.05, 0.1) is 11.4 Å². The van der Waals surface area contributed by atoms with Gasteiger partial charge in [0, 0.05) is 5.69 Å². The molecule has 0 radical (unpaired) electrons. The topological polar surface area (TPSA) is 67.2 Å². The molecule has 1 atom stereocenters. The van der Waals surface area contributed by atoms with Gasteiger partial charge >= 0.3 is 0 Å². The highest BCUT2D eigenvalue weighted by molar-refractivity contribution is 5.94. The first-order valence-electron chi connectivity index (χ1n) is 7.08. The number of nitrogens with zero attached hydrogens (tertiary/aromatic N) is 2. The van der Waals surface area contributed by atoms with E-state index in [2.05, 4.69) is 10.4 Å². The zero-order valence-electron chi connectivity index (χ0n) is 12.8. The Morgan fingerprint density at radius 3 is 2.67 bits per heavy atom. The highest BCUT2D eigenvalue weighted by Crippen LogP contribution is 2.25. The zero-order chi connectivity index (χ0) is 15.6. The van der Waals surface area contributed by atoms with Crippen LogP contribution in [0.3, 0.4) is 0 Å². The molecule has 0 spiro atoms. The van der Waals surface area contributed by atoms with E-state index < -0.39 is 6.04 Å². The highest BCUT2D eigenvalue weighted by Gasteiger charge is 2.19. The van der Waals surface area contributed by atoms with Gasteiger partial charge in [-0.05, 0) is 51.0 Å². The van der Waals surface area contributed by atoms with E-state index in [0.29, 0.717) is 5.69 Å². The third-order valence-electron chi connectivity index (χ3n) is 3.52. The monoisotopic (exact) mass is 287 g/mol. The molecule has 0 aliphatic heterocycles. The molecule has 0 aliphatic carbocycles. The van der Waals surface area contributed by atoms with Gasteiger partial charge in [0.25, 0.3) is 0 Å². The van der Waals surface area contributed by atoms with Gasteiger partial charge in [-0.3, -0.25) is 9.48 Å². The third-order valence-corrected chi connectivity index (χ3v) is 3.52. The lowest BCUT2D eigenvalue weighted by Crippen LogP contribution is -2.25. The van der Waals surface area contributed by atoms with Gasteiger partial charge in [0.1, 0.15) is 11.8 Å². The van der Waals surface area contributed by atoms with Crippen LogP contribution in [-0.2, 0) is 11.2 Å². The average Bonchev–Trinajstić information content (AvgIpc) is 2.79. The Bertz CT molecular complexity index is 662. The number of benzene rings is 1. The molecule has 0 saturated carbocycles. The fourth-order valence-corrected chi connectivity index (χ4v) is 2.29. The van der Waals surface area contributed by atoms with Gasteiger partial charge in [-0.15, -0.1) is 0 Å². The van der Waals surface area contributed by atoms with E-state index in [9.17, 15) is 9.90 Å². The Labute approximate surface area is 124 Å². The van der Waals surface area contributed by atoms with Crippen molar-refractivity contribution >= 4 is 11.6 Å². The SMILES string of the molecule is CCc1ccc(O)c(NC(=O)[C@H](C)n2nc(C)cc2C)c1. The minimum Gasteiger partial charge on any atom is -0.506 e. The molecule has 0 fully saturated rings. The molecule has 5 heteroatoms. The summed E-state index contributed by atoms with van der Waals surface area (Å²) < 4.78 is 1.69. The van der Waals surface area contributed by atoms with E-state index >= 15 is 0 Å². The molecular formula is C16H21N3O2. The number of rotatable bonds is 4. The minimum atomic E-state index is -0.441. The van der Waals surface area contributed by atoms with Gasteiger partial charge in [-0.25, -0.2) is 0 Å². The van der Waals surface area contributed by atoms with Crippen molar-refractivity contribution in [2.75, 3.05) is 5.32 Å². The number of anilines is 1. The quantitative estimate of drug-likeness (QED) is 0.850. The van der Waals surface area contributed by atoms with Gasteiger partial charge in [-0.2, -0.15) is 5.10 Å². The number of aromatic nitrogens is 2. The molecule has 1 aromatic carbocycles. The van der Waals surface area contributed by atoms with Crippen molar-refractivity contribution in [1.82, 2.24) is 9.78 Å². The molecule has 2 rings (SSSR count). The van der Waals surface area contributed by atoms with Crippen molar-refractivity contribution in [1.29, 1.82) is 0 Å². The number of hydrogen-bond acceptors (Lipinski definition) is 3. The van der Waals surface area contributed by atoms with Crippen molar-refractivity contribution in [2.24, 2.45) is 0 Å². The number of hydrogen-bond donors (Lipinski definition) is 2. The number of carbonyl (C=O) groups excluding carboxylic acids is 1. The van der Waals surface area contributed by atoms with Crippen molar-refractivity contribution in [3.05, 3.63) is 41.2 Å². The number of aryl methyl sites for hydroxylation is 3. The van der Waals surface area contributed by atoms with Gasteiger partial charge in [-0.1, -0.05) is 13.0 Å². The van der Waals surface area contributed by atoms with Gasteiger partial charge < -0.3 is 10.4 Å². The predicted octanol–water partition coefficient (Wildman–Crippen LogP) is 2.97. The maximum Gasteiger partial charge on any atom is 0.249 e. The lowest BCUT2D eigenvalue weighted by atomic mass is 10.1. The summed E-state index contributed by atoms with van der Waals surface area (Å²) in [4.78, 5) is 12.3. The maximum atomic E-state index is 12.3. The molecule has 1 heterocycles. The summed E-state index contributed by atoms with van der Waals surface area (Å²) in [5.74, 6) is -0.133. The number of phenols is 1. The summed E-state index contributed by atoms with van der Waals surface area (Å²) in [6.07, 6.45) is 0.843. The van der Waals surface area contributed by atoms with Crippen LogP contribution < -0.4 is 5.32 Å². The molecule has 0 bridgehead atoms. The second kappa shape index (κ2) is 5.99. The van der Waals surface area contributed by atoms with Gasteiger partial charge in [0.15, 0.2) is 0 Å². The lowest BCUT2D eigenvalue weighted by molar-refractivity contribution is -0.119. The second-order valence-electron chi connectivity index (χ2n) is 5.24. The molecule has 5 nitrogen and oxygen atoms in total. The number of carbonyl (C=O) groups is 1. The van der Waals surface area contributed by atoms with Crippen LogP contribution in [0.1, 0.15) is 36.8 Å². The lowest BCUT2D eigenvalue weighted by Gasteiger charge is -2.15. The van der Waals surface area contributed by atoms with E-state index in [0.717, 1.165) is 23.4 Å². The van der Waals surface area contributed by atoms with Crippen molar-refractivity contribution in [3.8, 4) is 5.75 Å². The fraction of sp³-hybridized carbons (Fsp3) is 0.375. The Hall–Kier alpha value is -2.30. The number of phenolic OH excluding ortho intramolecular Hbond substituents is 1. The normalized spacial score (nSPS) is 12.2. The van der Waals surface area contributed by atoms with E-state index in [4.69, 9.17) is 0 Å². The Kier molecular flexibility index (Phi) is 4.31. The van der Waals surface area contributed by atoms with Crippen LogP contribution >= 0.6 is 0 Å². The number of nitrogens with one attached hydrogen (secondary N) is 1. The first-order chi connectivity index (χ1) is 9.92. The molecule has 2 N–H and O–H groups in total. The first kappa shape index (κ1) is 15.1. The molecule has 21 heavy (non-hydrogen) atoms. The summed E-state index contributed by atoms with van der Waals surface area (Å²) in [5, 5.41) is 16.9. The molecule has 1 amide bonds. The van der Waals surface area contributed by atoms with E-state index in [-0.39, 0.29) is 11.7 Å². The van der Waals surface area contributed by atoms with E-state index in [1.807, 2.05) is 32.9 Å². The van der Waals surface area contributed by atoms with Crippen molar-refractivity contribution in [2.45, 2.75) is 40.2 Å². The van der Waals surface area contributed by atoms with Crippen LogP contribution in [0.2, 0.25) is 0 Å². The summed E-state index contributed by atoms with van der Waals surface area (Å²) in [6.45, 7) is 7.62. The summed E-state index contributed by atoms with van der Waals surface area (Å²) in [6, 6.07) is 6.72. The van der Waals surface area contributed by atoms with E-state index in [1.165, 1.54) is 0 Å². The Balaban J connectivity index is 2.19. The predicted molar refractivity (Wildman–Crippen MR) is 82.5 cm³/mol. The maximum absolute atomic E-state index is 12.3. The van der Waals surface area contributed by atoms with Crippen molar-refractivity contribution in [3.63, 3.8) is 0 Å². The average molecular weight is 287 g/mol. The van der Waals surface area contributed by atoms with Crippen LogP contribution in [0.25, 0.3) is 0 Å². The van der Waals surface area contributed by atoms with Crippen molar-refractivity contribution < 1.29 is 9.90 Å². The number of amides is 1. The molecule has 0 aliphatic rings. The summed E-state index contributed by atoms with van der Waals surface area (Å²) >= 11 is 0. The van der Waals surface area contributed by atoms with Crippen LogP contribution in [0.5, 0.6) is 5.75 Å². The second-order valence-corrected chi connectivity index (χ2v) is 5.24. The molecule has 2 aromatic rings. The van der Waals surface area contributed by atoms with Crippen LogP contribution in [-0.4, -0.2) is 20.8 Å². The Morgan fingerprint density at radius 2 is 2.10 bits per heavy atom. The standard InChI is InChI=1S/C16H21N3O2/c1-5-13-6-7-15(20)14(9-13)17-16(21)12(4)19-11(3)8-10(2)18-19/h6-9,12,20H,5H2,1-4H3,(H,17,21)/t12-/m0/s1. The zero-order valence-corrected chi connectivity index (χ0v) is 12.8. The molecule has 0 saturated heterocycles. The molecular weight excluding hydrogens is 266 g/mol. The smallest absolute Gasteiger partial charge is 0.249 e. The van der Waals surface area contributed by atoms with E-state index in [1.54, 1.807) is 23.7 Å². The molecule has 0 unspecified atom stereocenters. The summed E-state index contributed by atoms with van der Waals surface area (Å²) in [7, 11) is 0. The largest absolute Gasteiger partial charge is 0.506 e. The van der Waals surface area contributed by atoms with Crippen LogP contribution in [0.15, 0.2) is 24.3 Å². The first-order valence-corrected chi connectivity index (χ1v) is 7.08.